The van der Waals surface area contributed by atoms with Crippen LogP contribution in [0.4, 0.5) is 0 Å². The molecule has 3 fully saturated rings. The van der Waals surface area contributed by atoms with Crippen molar-refractivity contribution < 1.29 is 0 Å². The monoisotopic (exact) mass is 207 g/mol. The SMILES string of the molecule is CC1CC2(N)CC3CC(C)(C2)CC3(C)C1. The van der Waals surface area contributed by atoms with Crippen LogP contribution in [0.3, 0.4) is 0 Å². The van der Waals surface area contributed by atoms with Gasteiger partial charge in [-0.1, -0.05) is 20.8 Å². The number of rotatable bonds is 0. The van der Waals surface area contributed by atoms with Crippen LogP contribution in [0.1, 0.15) is 59.3 Å². The lowest BCUT2D eigenvalue weighted by Gasteiger charge is -2.43. The van der Waals surface area contributed by atoms with Gasteiger partial charge in [0.2, 0.25) is 0 Å². The third-order valence-electron chi connectivity index (χ3n) is 5.56. The molecule has 0 aromatic carbocycles. The van der Waals surface area contributed by atoms with Gasteiger partial charge < -0.3 is 5.73 Å². The highest BCUT2D eigenvalue weighted by atomic mass is 14.8. The van der Waals surface area contributed by atoms with E-state index in [9.17, 15) is 0 Å². The first-order valence-electron chi connectivity index (χ1n) is 6.62. The van der Waals surface area contributed by atoms with E-state index in [1.165, 1.54) is 38.5 Å². The highest BCUT2D eigenvalue weighted by molar-refractivity contribution is 5.12. The number of nitrogens with two attached hydrogens (primary N) is 1. The van der Waals surface area contributed by atoms with Crippen LogP contribution in [0.15, 0.2) is 0 Å². The van der Waals surface area contributed by atoms with Crippen LogP contribution < -0.4 is 5.73 Å². The summed E-state index contributed by atoms with van der Waals surface area (Å²) in [5.74, 6) is 1.76. The molecule has 5 atom stereocenters. The molecule has 3 rings (SSSR count). The number of hydrogen-bond acceptors (Lipinski definition) is 1. The Kier molecular flexibility index (Phi) is 1.77. The maximum absolute atomic E-state index is 6.65. The summed E-state index contributed by atoms with van der Waals surface area (Å²) < 4.78 is 0. The molecule has 0 spiro atoms. The standard InChI is InChI=1S/C14H25N/c1-10-4-13(3)8-12(2)6-11(13)7-14(15,5-10)9-12/h10-11H,4-9,15H2,1-3H3. The Hall–Kier alpha value is -0.0400. The lowest BCUT2D eigenvalue weighted by atomic mass is 9.66. The van der Waals surface area contributed by atoms with E-state index in [2.05, 4.69) is 20.8 Å². The van der Waals surface area contributed by atoms with Crippen molar-refractivity contribution >= 4 is 0 Å². The minimum atomic E-state index is 0.186. The van der Waals surface area contributed by atoms with Crippen LogP contribution in [-0.2, 0) is 0 Å². The van der Waals surface area contributed by atoms with Gasteiger partial charge in [0, 0.05) is 5.54 Å². The Morgan fingerprint density at radius 3 is 2.47 bits per heavy atom. The largest absolute Gasteiger partial charge is 0.325 e. The van der Waals surface area contributed by atoms with Gasteiger partial charge in [-0.05, 0) is 61.2 Å². The zero-order chi connectivity index (χ0) is 10.9. The van der Waals surface area contributed by atoms with Gasteiger partial charge in [-0.2, -0.15) is 0 Å². The molecule has 0 saturated heterocycles. The fraction of sp³-hybridized carbons (Fsp3) is 1.00. The minimum Gasteiger partial charge on any atom is -0.325 e. The van der Waals surface area contributed by atoms with E-state index in [-0.39, 0.29) is 5.54 Å². The number of fused-ring (bicyclic) bond motifs is 2. The van der Waals surface area contributed by atoms with Gasteiger partial charge in [0.25, 0.3) is 0 Å². The Morgan fingerprint density at radius 2 is 1.73 bits per heavy atom. The Bertz CT molecular complexity index is 296. The molecule has 3 aliphatic carbocycles. The third-order valence-corrected chi connectivity index (χ3v) is 5.56. The molecule has 15 heavy (non-hydrogen) atoms. The fourth-order valence-electron chi connectivity index (χ4n) is 5.86. The summed E-state index contributed by atoms with van der Waals surface area (Å²) in [5.41, 5.74) is 8.03. The van der Waals surface area contributed by atoms with Gasteiger partial charge in [-0.3, -0.25) is 0 Å². The van der Waals surface area contributed by atoms with Crippen LogP contribution >= 0.6 is 0 Å². The average molecular weight is 207 g/mol. The summed E-state index contributed by atoms with van der Waals surface area (Å²) in [6, 6.07) is 0. The van der Waals surface area contributed by atoms with Crippen LogP contribution in [0.5, 0.6) is 0 Å². The van der Waals surface area contributed by atoms with Crippen LogP contribution in [0.2, 0.25) is 0 Å². The van der Waals surface area contributed by atoms with Crippen LogP contribution in [-0.4, -0.2) is 5.54 Å². The van der Waals surface area contributed by atoms with Crippen molar-refractivity contribution in [1.29, 1.82) is 0 Å². The molecule has 0 amide bonds. The highest BCUT2D eigenvalue weighted by Gasteiger charge is 2.59. The summed E-state index contributed by atoms with van der Waals surface area (Å²) >= 11 is 0. The van der Waals surface area contributed by atoms with E-state index in [0.717, 1.165) is 11.8 Å². The fourth-order valence-corrected chi connectivity index (χ4v) is 5.86. The normalized spacial score (nSPS) is 63.2. The summed E-state index contributed by atoms with van der Waals surface area (Å²) in [4.78, 5) is 0. The molecule has 0 aliphatic heterocycles. The molecule has 0 aromatic heterocycles. The second-order valence-electron chi connectivity index (χ2n) is 7.80. The van der Waals surface area contributed by atoms with E-state index >= 15 is 0 Å². The first-order valence-corrected chi connectivity index (χ1v) is 6.62. The van der Waals surface area contributed by atoms with E-state index in [0.29, 0.717) is 10.8 Å². The molecular weight excluding hydrogens is 182 g/mol. The Morgan fingerprint density at radius 1 is 1.00 bits per heavy atom. The Labute approximate surface area is 93.8 Å². The lowest BCUT2D eigenvalue weighted by Crippen LogP contribution is -2.48. The molecule has 2 N–H and O–H groups in total. The first-order chi connectivity index (χ1) is 6.83. The second-order valence-corrected chi connectivity index (χ2v) is 7.80. The summed E-state index contributed by atoms with van der Waals surface area (Å²) in [7, 11) is 0. The molecule has 0 aromatic rings. The van der Waals surface area contributed by atoms with Gasteiger partial charge in [0.15, 0.2) is 0 Å². The van der Waals surface area contributed by atoms with Gasteiger partial charge in [-0.15, -0.1) is 0 Å². The smallest absolute Gasteiger partial charge is 0.0164 e. The first kappa shape index (κ1) is 10.1. The highest BCUT2D eigenvalue weighted by Crippen LogP contribution is 2.66. The molecule has 1 heteroatoms. The zero-order valence-corrected chi connectivity index (χ0v) is 10.5. The molecule has 86 valence electrons. The summed E-state index contributed by atoms with van der Waals surface area (Å²) in [6.45, 7) is 7.44. The molecule has 0 heterocycles. The average Bonchev–Trinajstić information content (AvgIpc) is 2.09. The number of hydrogen-bond donors (Lipinski definition) is 1. The molecule has 3 bridgehead atoms. The van der Waals surface area contributed by atoms with E-state index in [4.69, 9.17) is 5.73 Å². The molecule has 1 nitrogen and oxygen atoms in total. The summed E-state index contributed by atoms with van der Waals surface area (Å²) in [5, 5.41) is 0. The molecule has 3 aliphatic rings. The van der Waals surface area contributed by atoms with Crippen molar-refractivity contribution in [2.75, 3.05) is 0 Å². The van der Waals surface area contributed by atoms with E-state index < -0.39 is 0 Å². The van der Waals surface area contributed by atoms with Crippen LogP contribution in [0.25, 0.3) is 0 Å². The quantitative estimate of drug-likeness (QED) is 0.648. The van der Waals surface area contributed by atoms with Crippen molar-refractivity contribution in [3.63, 3.8) is 0 Å². The van der Waals surface area contributed by atoms with Crippen molar-refractivity contribution in [3.8, 4) is 0 Å². The van der Waals surface area contributed by atoms with Gasteiger partial charge >= 0.3 is 0 Å². The van der Waals surface area contributed by atoms with Gasteiger partial charge in [0.05, 0.1) is 0 Å². The van der Waals surface area contributed by atoms with Crippen LogP contribution in [0, 0.1) is 22.7 Å². The summed E-state index contributed by atoms with van der Waals surface area (Å²) in [6.07, 6.45) is 8.18. The maximum Gasteiger partial charge on any atom is 0.0164 e. The molecular formula is C14H25N. The zero-order valence-electron chi connectivity index (χ0n) is 10.5. The van der Waals surface area contributed by atoms with Crippen molar-refractivity contribution in [1.82, 2.24) is 0 Å². The Balaban J connectivity index is 2.04. The van der Waals surface area contributed by atoms with Crippen molar-refractivity contribution in [3.05, 3.63) is 0 Å². The minimum absolute atomic E-state index is 0.186. The third kappa shape index (κ3) is 1.39. The van der Waals surface area contributed by atoms with E-state index in [1.54, 1.807) is 0 Å². The second kappa shape index (κ2) is 2.61. The predicted molar refractivity (Wildman–Crippen MR) is 63.5 cm³/mol. The molecule has 5 unspecified atom stereocenters. The van der Waals surface area contributed by atoms with Gasteiger partial charge in [-0.25, -0.2) is 0 Å². The topological polar surface area (TPSA) is 26.0 Å². The van der Waals surface area contributed by atoms with Gasteiger partial charge in [0.1, 0.15) is 0 Å². The van der Waals surface area contributed by atoms with Crippen molar-refractivity contribution in [2.45, 2.75) is 64.8 Å². The van der Waals surface area contributed by atoms with Crippen molar-refractivity contribution in [2.24, 2.45) is 28.4 Å². The molecule has 3 saturated carbocycles. The maximum atomic E-state index is 6.65. The van der Waals surface area contributed by atoms with E-state index in [1.807, 2.05) is 0 Å². The predicted octanol–water partition coefficient (Wildman–Crippen LogP) is 3.33. The molecule has 0 radical (unpaired) electrons. The lowest BCUT2D eigenvalue weighted by molar-refractivity contribution is 0.127.